The lowest BCUT2D eigenvalue weighted by atomic mass is 10.0. The summed E-state index contributed by atoms with van der Waals surface area (Å²) in [7, 11) is 0. The normalized spacial score (nSPS) is 25.4. The van der Waals surface area contributed by atoms with Crippen molar-refractivity contribution in [2.24, 2.45) is 11.7 Å². The summed E-state index contributed by atoms with van der Waals surface area (Å²) in [6.45, 7) is 8.21. The van der Waals surface area contributed by atoms with Crippen LogP contribution in [0.5, 0.6) is 0 Å². The summed E-state index contributed by atoms with van der Waals surface area (Å²) in [5, 5.41) is 9.77. The van der Waals surface area contributed by atoms with Crippen LogP contribution in [-0.4, -0.2) is 35.2 Å². The molecule has 1 aromatic rings. The van der Waals surface area contributed by atoms with E-state index in [9.17, 15) is 5.11 Å². The van der Waals surface area contributed by atoms with E-state index in [0.29, 0.717) is 12.0 Å². The Bertz CT molecular complexity index is 405. The van der Waals surface area contributed by atoms with E-state index in [4.69, 9.17) is 5.73 Å². The van der Waals surface area contributed by atoms with Gasteiger partial charge in [-0.2, -0.15) is 0 Å². The average Bonchev–Trinajstić information content (AvgIpc) is 2.99. The van der Waals surface area contributed by atoms with Crippen LogP contribution in [0.4, 0.5) is 0 Å². The molecule has 0 bridgehead atoms. The average molecular weight is 282 g/mol. The molecule has 4 unspecified atom stereocenters. The second kappa shape index (κ2) is 6.35. The summed E-state index contributed by atoms with van der Waals surface area (Å²) < 4.78 is 0. The number of hydrogen-bond donors (Lipinski definition) is 2. The van der Waals surface area contributed by atoms with E-state index in [0.717, 1.165) is 25.9 Å². The minimum absolute atomic E-state index is 0.172. The van der Waals surface area contributed by atoms with Gasteiger partial charge in [0, 0.05) is 22.3 Å². The third kappa shape index (κ3) is 3.37. The summed E-state index contributed by atoms with van der Waals surface area (Å²) >= 11 is 1.85. The standard InChI is InChI=1S/C15H26N2OS/c1-4-13(16)15(14-6-5-10(2)19-14)17-8-7-12(9-17)11(3)18/h5-6,11-13,15,18H,4,7-9,16H2,1-3H3. The Balaban J connectivity index is 2.15. The molecule has 1 aromatic heterocycles. The Morgan fingerprint density at radius 1 is 1.53 bits per heavy atom. The number of nitrogens with zero attached hydrogens (tertiary/aromatic N) is 1. The van der Waals surface area contributed by atoms with E-state index in [1.54, 1.807) is 0 Å². The number of aliphatic hydroxyl groups is 1. The second-order valence-electron chi connectivity index (χ2n) is 5.75. The van der Waals surface area contributed by atoms with Crippen LogP contribution in [0, 0.1) is 12.8 Å². The van der Waals surface area contributed by atoms with Crippen molar-refractivity contribution in [3.05, 3.63) is 21.9 Å². The predicted octanol–water partition coefficient (Wildman–Crippen LogP) is 2.54. The van der Waals surface area contributed by atoms with Gasteiger partial charge in [0.1, 0.15) is 0 Å². The number of thiophene rings is 1. The molecule has 1 aliphatic heterocycles. The number of likely N-dealkylation sites (tertiary alicyclic amines) is 1. The first-order chi connectivity index (χ1) is 9.02. The van der Waals surface area contributed by atoms with Crippen LogP contribution in [0.3, 0.4) is 0 Å². The third-order valence-electron chi connectivity index (χ3n) is 4.26. The van der Waals surface area contributed by atoms with E-state index in [2.05, 4.69) is 30.9 Å². The Kier molecular flexibility index (Phi) is 5.01. The maximum atomic E-state index is 9.77. The first kappa shape index (κ1) is 15.0. The zero-order chi connectivity index (χ0) is 14.0. The van der Waals surface area contributed by atoms with Gasteiger partial charge in [0.25, 0.3) is 0 Å². The molecule has 1 saturated heterocycles. The highest BCUT2D eigenvalue weighted by Crippen LogP contribution is 2.35. The van der Waals surface area contributed by atoms with Gasteiger partial charge in [0.05, 0.1) is 12.1 Å². The van der Waals surface area contributed by atoms with Crippen molar-refractivity contribution >= 4 is 11.3 Å². The van der Waals surface area contributed by atoms with Gasteiger partial charge < -0.3 is 10.8 Å². The first-order valence-electron chi connectivity index (χ1n) is 7.27. The van der Waals surface area contributed by atoms with Crippen LogP contribution in [0.1, 0.15) is 42.5 Å². The fourth-order valence-corrected chi connectivity index (χ4v) is 4.05. The van der Waals surface area contributed by atoms with E-state index in [1.165, 1.54) is 9.75 Å². The molecule has 0 aliphatic carbocycles. The largest absolute Gasteiger partial charge is 0.393 e. The van der Waals surface area contributed by atoms with E-state index in [-0.39, 0.29) is 12.1 Å². The molecule has 1 fully saturated rings. The topological polar surface area (TPSA) is 49.5 Å². The Hall–Kier alpha value is -0.420. The monoisotopic (exact) mass is 282 g/mol. The highest BCUT2D eigenvalue weighted by molar-refractivity contribution is 7.12. The molecule has 2 heterocycles. The van der Waals surface area contributed by atoms with Crippen molar-refractivity contribution in [1.29, 1.82) is 0 Å². The quantitative estimate of drug-likeness (QED) is 0.872. The van der Waals surface area contributed by atoms with Crippen LogP contribution in [0.15, 0.2) is 12.1 Å². The van der Waals surface area contributed by atoms with Crippen LogP contribution in [0.25, 0.3) is 0 Å². The zero-order valence-corrected chi connectivity index (χ0v) is 13.0. The summed E-state index contributed by atoms with van der Waals surface area (Å²) in [6, 6.07) is 4.88. The molecular formula is C15H26N2OS. The van der Waals surface area contributed by atoms with Crippen molar-refractivity contribution in [2.45, 2.75) is 51.8 Å². The van der Waals surface area contributed by atoms with E-state index in [1.807, 2.05) is 18.3 Å². The van der Waals surface area contributed by atoms with Crippen molar-refractivity contribution in [3.8, 4) is 0 Å². The maximum absolute atomic E-state index is 9.77. The molecule has 0 aromatic carbocycles. The molecule has 4 atom stereocenters. The highest BCUT2D eigenvalue weighted by Gasteiger charge is 2.34. The van der Waals surface area contributed by atoms with Gasteiger partial charge in [-0.15, -0.1) is 11.3 Å². The minimum atomic E-state index is -0.214. The van der Waals surface area contributed by atoms with Gasteiger partial charge in [-0.25, -0.2) is 0 Å². The summed E-state index contributed by atoms with van der Waals surface area (Å²) in [5.41, 5.74) is 6.36. The second-order valence-corrected chi connectivity index (χ2v) is 7.07. The molecule has 0 radical (unpaired) electrons. The SMILES string of the molecule is CCC(N)C(c1ccc(C)s1)N1CCC(C(C)O)C1. The molecule has 0 saturated carbocycles. The molecule has 2 rings (SSSR count). The van der Waals surface area contributed by atoms with Gasteiger partial charge >= 0.3 is 0 Å². The summed E-state index contributed by atoms with van der Waals surface area (Å²) in [4.78, 5) is 5.18. The lowest BCUT2D eigenvalue weighted by Gasteiger charge is -2.31. The van der Waals surface area contributed by atoms with Crippen LogP contribution in [0.2, 0.25) is 0 Å². The summed E-state index contributed by atoms with van der Waals surface area (Å²) in [5.74, 6) is 0.396. The summed E-state index contributed by atoms with van der Waals surface area (Å²) in [6.07, 6.45) is 1.85. The van der Waals surface area contributed by atoms with Crippen LogP contribution < -0.4 is 5.73 Å². The number of aryl methyl sites for hydroxylation is 1. The fraction of sp³-hybridized carbons (Fsp3) is 0.733. The van der Waals surface area contributed by atoms with Gasteiger partial charge in [0.2, 0.25) is 0 Å². The molecule has 1 aliphatic rings. The van der Waals surface area contributed by atoms with Gasteiger partial charge in [0.15, 0.2) is 0 Å². The molecule has 3 N–H and O–H groups in total. The molecule has 19 heavy (non-hydrogen) atoms. The Morgan fingerprint density at radius 2 is 2.26 bits per heavy atom. The Labute approximate surface area is 120 Å². The van der Waals surface area contributed by atoms with Crippen molar-refractivity contribution in [3.63, 3.8) is 0 Å². The zero-order valence-electron chi connectivity index (χ0n) is 12.2. The minimum Gasteiger partial charge on any atom is -0.393 e. The van der Waals surface area contributed by atoms with Gasteiger partial charge in [-0.3, -0.25) is 4.90 Å². The number of rotatable bonds is 5. The van der Waals surface area contributed by atoms with Crippen molar-refractivity contribution in [2.75, 3.05) is 13.1 Å². The van der Waals surface area contributed by atoms with Crippen molar-refractivity contribution in [1.82, 2.24) is 4.90 Å². The molecule has 108 valence electrons. The molecule has 4 heteroatoms. The smallest absolute Gasteiger partial charge is 0.0593 e. The molecule has 0 amide bonds. The molecular weight excluding hydrogens is 256 g/mol. The van der Waals surface area contributed by atoms with E-state index >= 15 is 0 Å². The molecule has 0 spiro atoms. The lowest BCUT2D eigenvalue weighted by Crippen LogP contribution is -2.39. The van der Waals surface area contributed by atoms with E-state index < -0.39 is 0 Å². The maximum Gasteiger partial charge on any atom is 0.0593 e. The highest BCUT2D eigenvalue weighted by atomic mass is 32.1. The van der Waals surface area contributed by atoms with Crippen molar-refractivity contribution < 1.29 is 5.11 Å². The van der Waals surface area contributed by atoms with Crippen LogP contribution >= 0.6 is 11.3 Å². The molecule has 3 nitrogen and oxygen atoms in total. The number of nitrogens with two attached hydrogens (primary N) is 1. The Morgan fingerprint density at radius 3 is 2.74 bits per heavy atom. The third-order valence-corrected chi connectivity index (χ3v) is 5.33. The van der Waals surface area contributed by atoms with Gasteiger partial charge in [-0.1, -0.05) is 6.92 Å². The number of hydrogen-bond acceptors (Lipinski definition) is 4. The predicted molar refractivity (Wildman–Crippen MR) is 81.4 cm³/mol. The fourth-order valence-electron chi connectivity index (χ4n) is 2.96. The number of aliphatic hydroxyl groups excluding tert-OH is 1. The first-order valence-corrected chi connectivity index (χ1v) is 8.08. The lowest BCUT2D eigenvalue weighted by molar-refractivity contribution is 0.118. The van der Waals surface area contributed by atoms with Gasteiger partial charge in [-0.05, 0) is 51.3 Å². The van der Waals surface area contributed by atoms with Crippen LogP contribution in [-0.2, 0) is 0 Å².